The van der Waals surface area contributed by atoms with Gasteiger partial charge < -0.3 is 10.4 Å². The third-order valence-electron chi connectivity index (χ3n) is 2.84. The number of nitrogens with one attached hydrogen (secondary N) is 1. The molecular weight excluding hydrogens is 320 g/mol. The summed E-state index contributed by atoms with van der Waals surface area (Å²) in [5, 5.41) is 11.8. The number of rotatable bonds is 5. The quantitative estimate of drug-likeness (QED) is 0.881. The molecule has 0 radical (unpaired) electrons. The first-order valence-corrected chi connectivity index (χ1v) is 7.07. The van der Waals surface area contributed by atoms with Gasteiger partial charge in [0.1, 0.15) is 0 Å². The van der Waals surface area contributed by atoms with Crippen LogP contribution in [0.4, 0.5) is 0 Å². The van der Waals surface area contributed by atoms with E-state index in [-0.39, 0.29) is 12.5 Å². The summed E-state index contributed by atoms with van der Waals surface area (Å²) in [7, 11) is 0. The van der Waals surface area contributed by atoms with Crippen LogP contribution in [0, 0.1) is 0 Å². The molecule has 0 fully saturated rings. The van der Waals surface area contributed by atoms with E-state index in [4.69, 9.17) is 5.11 Å². The van der Waals surface area contributed by atoms with E-state index in [0.717, 1.165) is 10.0 Å². The molecule has 0 spiro atoms. The van der Waals surface area contributed by atoms with Gasteiger partial charge in [0.25, 0.3) is 5.91 Å². The Morgan fingerprint density at radius 1 is 1.30 bits per heavy atom. The summed E-state index contributed by atoms with van der Waals surface area (Å²) >= 11 is 3.45. The molecule has 0 aliphatic heterocycles. The molecule has 0 saturated heterocycles. The Morgan fingerprint density at radius 3 is 2.85 bits per heavy atom. The molecule has 0 aliphatic rings. The molecule has 5 heteroatoms. The van der Waals surface area contributed by atoms with Crippen molar-refractivity contribution in [1.29, 1.82) is 0 Å². The van der Waals surface area contributed by atoms with E-state index < -0.39 is 0 Å². The monoisotopic (exact) mass is 334 g/mol. The van der Waals surface area contributed by atoms with E-state index in [9.17, 15) is 4.79 Å². The van der Waals surface area contributed by atoms with E-state index in [2.05, 4.69) is 26.2 Å². The molecule has 1 amide bonds. The predicted molar refractivity (Wildman–Crippen MR) is 80.3 cm³/mol. The van der Waals surface area contributed by atoms with Crippen molar-refractivity contribution in [2.45, 2.75) is 13.0 Å². The minimum atomic E-state index is -0.151. The molecule has 4 nitrogen and oxygen atoms in total. The fraction of sp³-hybridized carbons (Fsp3) is 0.200. The molecule has 0 atom stereocenters. The van der Waals surface area contributed by atoms with Gasteiger partial charge in [0.15, 0.2) is 0 Å². The van der Waals surface area contributed by atoms with Crippen LogP contribution >= 0.6 is 15.9 Å². The van der Waals surface area contributed by atoms with Gasteiger partial charge in [-0.1, -0.05) is 34.1 Å². The Balaban J connectivity index is 2.01. The largest absolute Gasteiger partial charge is 0.396 e. The molecule has 104 valence electrons. The molecule has 2 rings (SSSR count). The minimum absolute atomic E-state index is 0.0229. The Kier molecular flexibility index (Phi) is 5.26. The van der Waals surface area contributed by atoms with Crippen molar-refractivity contribution in [2.24, 2.45) is 0 Å². The number of hydrogen-bond acceptors (Lipinski definition) is 3. The fourth-order valence-corrected chi connectivity index (χ4v) is 2.21. The third kappa shape index (κ3) is 3.88. The van der Waals surface area contributed by atoms with Crippen LogP contribution in [-0.2, 0) is 13.0 Å². The summed E-state index contributed by atoms with van der Waals surface area (Å²) in [5.41, 5.74) is 2.28. The number of hydrogen-bond donors (Lipinski definition) is 2. The van der Waals surface area contributed by atoms with Crippen LogP contribution in [0.25, 0.3) is 0 Å². The standard InChI is InChI=1S/C15H15BrN2O2/c16-14-4-2-1-3-12(14)10-18-15(20)11-5-7-17-13(9-11)6-8-19/h1-5,7,9,19H,6,8,10H2,(H,18,20). The van der Waals surface area contributed by atoms with E-state index in [1.807, 2.05) is 24.3 Å². The summed E-state index contributed by atoms with van der Waals surface area (Å²) in [4.78, 5) is 16.2. The maximum Gasteiger partial charge on any atom is 0.251 e. The first kappa shape index (κ1) is 14.7. The average Bonchev–Trinajstić information content (AvgIpc) is 2.47. The summed E-state index contributed by atoms with van der Waals surface area (Å²) < 4.78 is 0.969. The number of aliphatic hydroxyl groups excluding tert-OH is 1. The second-order valence-corrected chi connectivity index (χ2v) is 5.14. The molecule has 0 saturated carbocycles. The second kappa shape index (κ2) is 7.17. The van der Waals surface area contributed by atoms with Crippen molar-refractivity contribution < 1.29 is 9.90 Å². The van der Waals surface area contributed by atoms with Gasteiger partial charge in [-0.15, -0.1) is 0 Å². The number of aromatic nitrogens is 1. The van der Waals surface area contributed by atoms with Crippen molar-refractivity contribution in [3.8, 4) is 0 Å². The van der Waals surface area contributed by atoms with E-state index in [1.54, 1.807) is 18.3 Å². The zero-order valence-corrected chi connectivity index (χ0v) is 12.4. The Bertz CT molecular complexity index is 602. The zero-order chi connectivity index (χ0) is 14.4. The number of nitrogens with zero attached hydrogens (tertiary/aromatic N) is 1. The van der Waals surface area contributed by atoms with Gasteiger partial charge in [-0.2, -0.15) is 0 Å². The SMILES string of the molecule is O=C(NCc1ccccc1Br)c1ccnc(CCO)c1. The lowest BCUT2D eigenvalue weighted by Gasteiger charge is -2.08. The molecule has 2 N–H and O–H groups in total. The highest BCUT2D eigenvalue weighted by atomic mass is 79.9. The maximum absolute atomic E-state index is 12.1. The van der Waals surface area contributed by atoms with Gasteiger partial charge >= 0.3 is 0 Å². The molecule has 0 bridgehead atoms. The van der Waals surface area contributed by atoms with Crippen LogP contribution in [0.15, 0.2) is 47.1 Å². The first-order valence-electron chi connectivity index (χ1n) is 6.28. The van der Waals surface area contributed by atoms with Crippen LogP contribution in [0.1, 0.15) is 21.6 Å². The lowest BCUT2D eigenvalue weighted by molar-refractivity contribution is 0.0950. The lowest BCUT2D eigenvalue weighted by atomic mass is 10.1. The van der Waals surface area contributed by atoms with Crippen molar-refractivity contribution in [3.05, 3.63) is 63.9 Å². The van der Waals surface area contributed by atoms with Crippen LogP contribution < -0.4 is 5.32 Å². The number of aliphatic hydroxyl groups is 1. The van der Waals surface area contributed by atoms with E-state index in [0.29, 0.717) is 24.2 Å². The van der Waals surface area contributed by atoms with Gasteiger partial charge in [-0.05, 0) is 23.8 Å². The van der Waals surface area contributed by atoms with Crippen molar-refractivity contribution >= 4 is 21.8 Å². The number of benzene rings is 1. The van der Waals surface area contributed by atoms with Gasteiger partial charge in [-0.25, -0.2) is 0 Å². The Labute approximate surface area is 126 Å². The van der Waals surface area contributed by atoms with Gasteiger partial charge in [0.05, 0.1) is 0 Å². The van der Waals surface area contributed by atoms with Crippen LogP contribution in [-0.4, -0.2) is 22.6 Å². The van der Waals surface area contributed by atoms with E-state index >= 15 is 0 Å². The maximum atomic E-state index is 12.1. The molecule has 1 heterocycles. The highest BCUT2D eigenvalue weighted by molar-refractivity contribution is 9.10. The highest BCUT2D eigenvalue weighted by Crippen LogP contribution is 2.15. The van der Waals surface area contributed by atoms with Crippen molar-refractivity contribution in [3.63, 3.8) is 0 Å². The molecule has 0 aliphatic carbocycles. The zero-order valence-electron chi connectivity index (χ0n) is 10.8. The number of amides is 1. The summed E-state index contributed by atoms with van der Waals surface area (Å²) in [6, 6.07) is 11.1. The smallest absolute Gasteiger partial charge is 0.251 e. The predicted octanol–water partition coefficient (Wildman–Crippen LogP) is 2.31. The molecule has 20 heavy (non-hydrogen) atoms. The molecule has 0 unspecified atom stereocenters. The molecular formula is C15H15BrN2O2. The number of pyridine rings is 1. The number of carbonyl (C=O) groups excluding carboxylic acids is 1. The summed E-state index contributed by atoms with van der Waals surface area (Å²) in [6.45, 7) is 0.479. The highest BCUT2D eigenvalue weighted by Gasteiger charge is 2.07. The van der Waals surface area contributed by atoms with Gasteiger partial charge in [0, 0.05) is 41.5 Å². The number of carbonyl (C=O) groups is 1. The number of halogens is 1. The second-order valence-electron chi connectivity index (χ2n) is 4.28. The fourth-order valence-electron chi connectivity index (χ4n) is 1.79. The Morgan fingerprint density at radius 2 is 2.10 bits per heavy atom. The van der Waals surface area contributed by atoms with Crippen LogP contribution in [0.3, 0.4) is 0 Å². The molecule has 1 aromatic heterocycles. The average molecular weight is 335 g/mol. The van der Waals surface area contributed by atoms with Crippen molar-refractivity contribution in [1.82, 2.24) is 10.3 Å². The van der Waals surface area contributed by atoms with Crippen molar-refractivity contribution in [2.75, 3.05) is 6.61 Å². The molecule has 1 aromatic carbocycles. The molecule has 2 aromatic rings. The summed E-state index contributed by atoms with van der Waals surface area (Å²) in [6.07, 6.45) is 2.03. The normalized spacial score (nSPS) is 10.3. The van der Waals surface area contributed by atoms with E-state index in [1.165, 1.54) is 0 Å². The topological polar surface area (TPSA) is 62.2 Å². The third-order valence-corrected chi connectivity index (χ3v) is 3.62. The first-order chi connectivity index (χ1) is 9.70. The van der Waals surface area contributed by atoms with Crippen LogP contribution in [0.5, 0.6) is 0 Å². The minimum Gasteiger partial charge on any atom is -0.396 e. The van der Waals surface area contributed by atoms with Crippen LogP contribution in [0.2, 0.25) is 0 Å². The summed E-state index contributed by atoms with van der Waals surface area (Å²) in [5.74, 6) is -0.151. The Hall–Kier alpha value is -1.72. The van der Waals surface area contributed by atoms with Gasteiger partial charge in [-0.3, -0.25) is 9.78 Å². The van der Waals surface area contributed by atoms with Gasteiger partial charge in [0.2, 0.25) is 0 Å². The lowest BCUT2D eigenvalue weighted by Crippen LogP contribution is -2.23.